The molecule has 0 radical (unpaired) electrons. The van der Waals surface area contributed by atoms with Crippen molar-refractivity contribution in [3.8, 4) is 0 Å². The molecule has 6 rings (SSSR count). The molecule has 204 valence electrons. The van der Waals surface area contributed by atoms with Gasteiger partial charge in [0.25, 0.3) is 22.2 Å². The Kier molecular flexibility index (Phi) is 9.79. The van der Waals surface area contributed by atoms with Gasteiger partial charge in [-0.15, -0.1) is 0 Å². The highest BCUT2D eigenvalue weighted by atomic mass is 79.9. The number of halogens is 2. The minimum absolute atomic E-state index is 0.284. The maximum atomic E-state index is 13.8. The van der Waals surface area contributed by atoms with Gasteiger partial charge in [-0.3, -0.25) is 28.3 Å². The summed E-state index contributed by atoms with van der Waals surface area (Å²) in [6.07, 6.45) is 12.4. The largest absolute Gasteiger partial charge is 0.274 e. The summed E-state index contributed by atoms with van der Waals surface area (Å²) in [6, 6.07) is 3.28. The van der Waals surface area contributed by atoms with Gasteiger partial charge in [-0.05, 0) is 56.8 Å². The van der Waals surface area contributed by atoms with E-state index in [1.165, 1.54) is 22.0 Å². The van der Waals surface area contributed by atoms with Crippen molar-refractivity contribution in [2.45, 2.75) is 104 Å². The van der Waals surface area contributed by atoms with Crippen LogP contribution in [0.2, 0.25) is 0 Å². The monoisotopic (exact) mass is 646 g/mol. The first-order valence-corrected chi connectivity index (χ1v) is 15.6. The molecule has 0 saturated carbocycles. The molecule has 0 aliphatic carbocycles. The molecule has 6 nitrogen and oxygen atoms in total. The summed E-state index contributed by atoms with van der Waals surface area (Å²) in [7, 11) is 0. The highest BCUT2D eigenvalue weighted by Crippen LogP contribution is 2.36. The van der Waals surface area contributed by atoms with Crippen molar-refractivity contribution in [1.82, 2.24) is 9.13 Å². The van der Waals surface area contributed by atoms with E-state index in [1.54, 1.807) is 12.1 Å². The van der Waals surface area contributed by atoms with Crippen molar-refractivity contribution in [2.24, 2.45) is 0 Å². The van der Waals surface area contributed by atoms with Crippen molar-refractivity contribution >= 4 is 64.2 Å². The molecule has 38 heavy (non-hydrogen) atoms. The number of fused-ring (bicyclic) bond motifs is 6. The van der Waals surface area contributed by atoms with E-state index in [2.05, 4.69) is 45.7 Å². The van der Waals surface area contributed by atoms with E-state index in [9.17, 15) is 19.2 Å². The Morgan fingerprint density at radius 3 is 1.21 bits per heavy atom. The number of hydrogen-bond donors (Lipinski definition) is 0. The summed E-state index contributed by atoms with van der Waals surface area (Å²) < 4.78 is 3.54. The van der Waals surface area contributed by atoms with Crippen LogP contribution in [0.1, 0.15) is 90.9 Å². The number of rotatable bonds is 14. The molecule has 0 aliphatic heterocycles. The number of hydrogen-bond acceptors (Lipinski definition) is 4. The van der Waals surface area contributed by atoms with Crippen molar-refractivity contribution < 1.29 is 0 Å². The molecular formula is C30H36Br2N2O4. The Bertz CT molecular complexity index is 1530. The summed E-state index contributed by atoms with van der Waals surface area (Å²) in [5.74, 6) is 0. The van der Waals surface area contributed by atoms with Gasteiger partial charge in [0.1, 0.15) is 0 Å². The third-order valence-corrected chi connectivity index (χ3v) is 8.90. The Hall–Kier alpha value is -2.06. The van der Waals surface area contributed by atoms with E-state index in [1.807, 2.05) is 0 Å². The maximum Gasteiger partial charge on any atom is 0.262 e. The lowest BCUT2D eigenvalue weighted by Gasteiger charge is -2.04. The standard InChI is InChI=1S/C30H36Br2N2O4/c1-3-5-7-9-11-13-15-33-27(35)19-17-21(31)25(29(33)37)24-20-18-22(32)26(23(19)24)30(38)34(28(20)36)16-14-12-10-8-6-4-2/h17-18H,3-16H2,1-2H3. The Labute approximate surface area is 239 Å². The van der Waals surface area contributed by atoms with Gasteiger partial charge in [-0.2, -0.15) is 0 Å². The van der Waals surface area contributed by atoms with Crippen molar-refractivity contribution in [3.63, 3.8) is 0 Å². The fourth-order valence-electron chi connectivity index (χ4n) is 5.58. The second-order valence-electron chi connectivity index (χ2n) is 10.4. The van der Waals surface area contributed by atoms with Crippen LogP contribution in [0.3, 0.4) is 0 Å². The quantitative estimate of drug-likeness (QED) is 0.134. The van der Waals surface area contributed by atoms with Crippen molar-refractivity contribution in [1.29, 1.82) is 0 Å². The number of nitrogens with zero attached hydrogens (tertiary/aromatic N) is 2. The average molecular weight is 648 g/mol. The summed E-state index contributed by atoms with van der Waals surface area (Å²) in [4.78, 5) is 55.0. The predicted octanol–water partition coefficient (Wildman–Crippen LogP) is 7.31. The first kappa shape index (κ1) is 28.9. The zero-order chi connectivity index (χ0) is 27.4. The molecule has 8 heteroatoms. The first-order chi connectivity index (χ1) is 18.3. The van der Waals surface area contributed by atoms with Gasteiger partial charge in [0.2, 0.25) is 0 Å². The summed E-state index contributed by atoms with van der Waals surface area (Å²) in [5, 5.41) is 1.94. The molecule has 0 amide bonds. The minimum Gasteiger partial charge on any atom is -0.274 e. The van der Waals surface area contributed by atoms with Crippen LogP contribution in [0.25, 0.3) is 32.3 Å². The zero-order valence-electron chi connectivity index (χ0n) is 22.3. The Morgan fingerprint density at radius 1 is 0.500 bits per heavy atom. The first-order valence-electron chi connectivity index (χ1n) is 14.0. The molecule has 0 N–H and O–H groups in total. The van der Waals surface area contributed by atoms with E-state index in [4.69, 9.17) is 0 Å². The van der Waals surface area contributed by atoms with Gasteiger partial charge >= 0.3 is 0 Å². The minimum atomic E-state index is -0.417. The third-order valence-electron chi connectivity index (χ3n) is 7.65. The topological polar surface area (TPSA) is 78.1 Å². The molecule has 4 bridgehead atoms. The van der Waals surface area contributed by atoms with Crippen molar-refractivity contribution in [2.75, 3.05) is 0 Å². The predicted molar refractivity (Wildman–Crippen MR) is 165 cm³/mol. The second-order valence-corrected chi connectivity index (χ2v) is 12.1. The van der Waals surface area contributed by atoms with Gasteiger partial charge in [-0.25, -0.2) is 0 Å². The van der Waals surface area contributed by atoms with E-state index < -0.39 is 22.2 Å². The lowest BCUT2D eigenvalue weighted by atomic mass is 10.00. The SMILES string of the molecule is CCCCCCCCn1c(=O)c2cc(Br)c(c1=O)c1c3cc(Br)c(c(=O)n(CCCCCCCC)c3=O)c21. The number of unbranched alkanes of at least 4 members (excludes halogenated alkanes) is 10. The van der Waals surface area contributed by atoms with Crippen LogP contribution in [-0.4, -0.2) is 9.13 Å². The zero-order valence-corrected chi connectivity index (χ0v) is 25.5. The van der Waals surface area contributed by atoms with Crippen LogP contribution >= 0.6 is 31.9 Å². The van der Waals surface area contributed by atoms with Gasteiger partial charge in [0, 0.05) is 43.6 Å². The average Bonchev–Trinajstić information content (AvgIpc) is 3.13. The Balaban J connectivity index is 1.87. The number of benzene rings is 2. The third kappa shape index (κ3) is 5.48. The highest BCUT2D eigenvalue weighted by Gasteiger charge is 2.24. The van der Waals surface area contributed by atoms with E-state index in [-0.39, 0.29) is 21.5 Å². The molecule has 2 aromatic carbocycles. The lowest BCUT2D eigenvalue weighted by Crippen LogP contribution is -2.30. The normalized spacial score (nSPS) is 12.0. The highest BCUT2D eigenvalue weighted by molar-refractivity contribution is 9.11. The molecule has 0 aliphatic rings. The van der Waals surface area contributed by atoms with E-state index in [0.717, 1.165) is 64.2 Å². The van der Waals surface area contributed by atoms with Gasteiger partial charge in [0.15, 0.2) is 0 Å². The molecule has 6 aromatic rings. The van der Waals surface area contributed by atoms with Crippen LogP contribution in [0.4, 0.5) is 0 Å². The molecule has 0 saturated heterocycles. The summed E-state index contributed by atoms with van der Waals surface area (Å²) >= 11 is 7.00. The van der Waals surface area contributed by atoms with E-state index >= 15 is 0 Å². The summed E-state index contributed by atoms with van der Waals surface area (Å²) in [6.45, 7) is 4.97. The second kappa shape index (κ2) is 12.9. The van der Waals surface area contributed by atoms with Crippen LogP contribution < -0.4 is 22.2 Å². The van der Waals surface area contributed by atoms with Gasteiger partial charge < -0.3 is 0 Å². The molecule has 0 unspecified atom stereocenters. The fraction of sp³-hybridized carbons (Fsp3) is 0.533. The fourth-order valence-corrected chi connectivity index (χ4v) is 6.77. The molecule has 0 fully saturated rings. The lowest BCUT2D eigenvalue weighted by molar-refractivity contribution is 0.545. The van der Waals surface area contributed by atoms with Crippen LogP contribution in [0.15, 0.2) is 40.3 Å². The molecule has 4 heterocycles. The molecule has 0 atom stereocenters. The van der Waals surface area contributed by atoms with Crippen LogP contribution in [0.5, 0.6) is 0 Å². The van der Waals surface area contributed by atoms with Crippen LogP contribution in [0, 0.1) is 0 Å². The summed E-state index contributed by atoms with van der Waals surface area (Å²) in [5.41, 5.74) is -1.66. The Morgan fingerprint density at radius 2 is 0.842 bits per heavy atom. The molecular weight excluding hydrogens is 612 g/mol. The maximum absolute atomic E-state index is 13.8. The van der Waals surface area contributed by atoms with E-state index in [0.29, 0.717) is 32.8 Å². The molecule has 4 aromatic heterocycles. The smallest absolute Gasteiger partial charge is 0.262 e. The van der Waals surface area contributed by atoms with Crippen molar-refractivity contribution in [3.05, 3.63) is 62.5 Å². The van der Waals surface area contributed by atoms with Gasteiger partial charge in [0.05, 0.1) is 10.8 Å². The molecule has 0 spiro atoms. The van der Waals surface area contributed by atoms with Gasteiger partial charge in [-0.1, -0.05) is 78.1 Å². The van der Waals surface area contributed by atoms with Crippen LogP contribution in [-0.2, 0) is 13.1 Å². The number of aromatic nitrogens is 2.